The summed E-state index contributed by atoms with van der Waals surface area (Å²) in [6.45, 7) is 0. The number of hydrogen-bond acceptors (Lipinski definition) is 3. The molecule has 1 heterocycles. The van der Waals surface area contributed by atoms with Gasteiger partial charge in [0, 0.05) is 11.8 Å². The van der Waals surface area contributed by atoms with Gasteiger partial charge in [-0.25, -0.2) is 8.78 Å². The Morgan fingerprint density at radius 3 is 2.65 bits per heavy atom. The van der Waals surface area contributed by atoms with Crippen LogP contribution in [0.2, 0.25) is 0 Å². The molecule has 0 aromatic heterocycles. The molecule has 1 spiro atoms. The van der Waals surface area contributed by atoms with Crippen LogP contribution >= 0.6 is 27.7 Å². The maximum atomic E-state index is 13.8. The van der Waals surface area contributed by atoms with Gasteiger partial charge in [0.05, 0.1) is 15.7 Å². The molecule has 1 aromatic rings. The summed E-state index contributed by atoms with van der Waals surface area (Å²) < 4.78 is 27.4. The second kappa shape index (κ2) is 5.64. The Morgan fingerprint density at radius 2 is 1.90 bits per heavy atom. The molecule has 1 N–H and O–H groups in total. The van der Waals surface area contributed by atoms with E-state index in [1.165, 1.54) is 19.3 Å². The van der Waals surface area contributed by atoms with E-state index in [0.717, 1.165) is 30.7 Å². The van der Waals surface area contributed by atoms with Crippen LogP contribution in [0, 0.1) is 11.6 Å². The molecule has 1 saturated carbocycles. The monoisotopic (exact) mass is 360 g/mol. The van der Waals surface area contributed by atoms with Crippen LogP contribution in [0.3, 0.4) is 0 Å². The standard InChI is InChI=1S/C14H15BrF2N2S/c15-9-6-11(17)12(7-10(9)16)18-13-19-14(8-20-13)4-2-1-3-5-14/h6-7H,1-5,8H2,(H,18,19). The SMILES string of the molecule is Fc1cc(NC2=NC3(CCCCC3)CS2)c(F)cc1Br. The lowest BCUT2D eigenvalue weighted by Crippen LogP contribution is -2.29. The third kappa shape index (κ3) is 2.86. The molecule has 1 aliphatic carbocycles. The lowest BCUT2D eigenvalue weighted by molar-refractivity contribution is 0.335. The van der Waals surface area contributed by atoms with Gasteiger partial charge in [-0.05, 0) is 34.8 Å². The van der Waals surface area contributed by atoms with Gasteiger partial charge in [0.15, 0.2) is 5.17 Å². The fourth-order valence-electron chi connectivity index (χ4n) is 2.75. The van der Waals surface area contributed by atoms with Crippen LogP contribution in [0.25, 0.3) is 0 Å². The maximum Gasteiger partial charge on any atom is 0.161 e. The van der Waals surface area contributed by atoms with Crippen LogP contribution in [-0.4, -0.2) is 16.5 Å². The maximum absolute atomic E-state index is 13.8. The van der Waals surface area contributed by atoms with Crippen molar-refractivity contribution in [2.24, 2.45) is 4.99 Å². The molecule has 108 valence electrons. The summed E-state index contributed by atoms with van der Waals surface area (Å²) in [5.74, 6) is -0.0216. The fourth-order valence-corrected chi connectivity index (χ4v) is 4.26. The summed E-state index contributed by atoms with van der Waals surface area (Å²) in [5.41, 5.74) is 0.167. The normalized spacial score (nSPS) is 21.1. The van der Waals surface area contributed by atoms with Crippen LogP contribution in [0.15, 0.2) is 21.6 Å². The Balaban J connectivity index is 1.78. The molecule has 6 heteroatoms. The fraction of sp³-hybridized carbons (Fsp3) is 0.500. The largest absolute Gasteiger partial charge is 0.332 e. The average Bonchev–Trinajstić information content (AvgIpc) is 2.79. The molecule has 3 rings (SSSR count). The lowest BCUT2D eigenvalue weighted by atomic mass is 9.84. The third-order valence-corrected chi connectivity index (χ3v) is 5.61. The molecule has 1 fully saturated rings. The van der Waals surface area contributed by atoms with E-state index in [4.69, 9.17) is 4.99 Å². The van der Waals surface area contributed by atoms with Crippen molar-refractivity contribution < 1.29 is 8.78 Å². The van der Waals surface area contributed by atoms with E-state index in [9.17, 15) is 8.78 Å². The topological polar surface area (TPSA) is 24.4 Å². The number of rotatable bonds is 1. The average molecular weight is 361 g/mol. The zero-order valence-corrected chi connectivity index (χ0v) is 13.3. The quantitative estimate of drug-likeness (QED) is 0.716. The van der Waals surface area contributed by atoms with E-state index in [2.05, 4.69) is 21.2 Å². The third-order valence-electron chi connectivity index (χ3n) is 3.85. The van der Waals surface area contributed by atoms with Crippen molar-refractivity contribution in [3.05, 3.63) is 28.2 Å². The van der Waals surface area contributed by atoms with E-state index in [1.807, 2.05) is 0 Å². The van der Waals surface area contributed by atoms with Crippen molar-refractivity contribution in [3.63, 3.8) is 0 Å². The molecule has 1 aromatic carbocycles. The second-order valence-corrected chi connectivity index (χ2v) is 7.18. The molecule has 0 atom stereocenters. The molecule has 0 unspecified atom stereocenters. The molecular weight excluding hydrogens is 346 g/mol. The Kier molecular flexibility index (Phi) is 4.04. The number of anilines is 1. The van der Waals surface area contributed by atoms with E-state index >= 15 is 0 Å². The molecule has 0 saturated heterocycles. The minimum atomic E-state index is -0.482. The predicted octanol–water partition coefficient (Wildman–Crippen LogP) is 4.94. The van der Waals surface area contributed by atoms with Gasteiger partial charge in [-0.1, -0.05) is 31.0 Å². The Morgan fingerprint density at radius 1 is 1.15 bits per heavy atom. The van der Waals surface area contributed by atoms with Crippen LogP contribution in [0.4, 0.5) is 14.5 Å². The molecule has 2 aliphatic rings. The number of hydrogen-bond donors (Lipinski definition) is 1. The number of nitrogens with zero attached hydrogens (tertiary/aromatic N) is 1. The smallest absolute Gasteiger partial charge is 0.161 e. The Labute approximate surface area is 129 Å². The van der Waals surface area contributed by atoms with Gasteiger partial charge >= 0.3 is 0 Å². The highest BCUT2D eigenvalue weighted by atomic mass is 79.9. The van der Waals surface area contributed by atoms with Crippen LogP contribution < -0.4 is 5.32 Å². The Hall–Kier alpha value is -0.620. The van der Waals surface area contributed by atoms with Gasteiger partial charge < -0.3 is 5.32 Å². The van der Waals surface area contributed by atoms with Crippen LogP contribution in [-0.2, 0) is 0 Å². The van der Waals surface area contributed by atoms with Crippen LogP contribution in [0.5, 0.6) is 0 Å². The number of nitrogens with one attached hydrogen (secondary N) is 1. The van der Waals surface area contributed by atoms with E-state index in [-0.39, 0.29) is 15.7 Å². The lowest BCUT2D eigenvalue weighted by Gasteiger charge is -2.29. The highest BCUT2D eigenvalue weighted by molar-refractivity contribution is 9.10. The van der Waals surface area contributed by atoms with Crippen molar-refractivity contribution in [1.82, 2.24) is 0 Å². The summed E-state index contributed by atoms with van der Waals surface area (Å²) in [7, 11) is 0. The summed E-state index contributed by atoms with van der Waals surface area (Å²) in [6.07, 6.45) is 5.89. The van der Waals surface area contributed by atoms with Gasteiger partial charge in [0.2, 0.25) is 0 Å². The van der Waals surface area contributed by atoms with Gasteiger partial charge in [-0.15, -0.1) is 0 Å². The van der Waals surface area contributed by atoms with Gasteiger partial charge in [-0.3, -0.25) is 4.99 Å². The highest BCUT2D eigenvalue weighted by Gasteiger charge is 2.36. The zero-order valence-electron chi connectivity index (χ0n) is 10.9. The number of halogens is 3. The Bertz CT molecular complexity index is 556. The van der Waals surface area contributed by atoms with E-state index in [0.29, 0.717) is 5.17 Å². The van der Waals surface area contributed by atoms with Crippen molar-refractivity contribution >= 4 is 38.5 Å². The number of benzene rings is 1. The molecule has 0 radical (unpaired) electrons. The van der Waals surface area contributed by atoms with Gasteiger partial charge in [0.1, 0.15) is 11.6 Å². The van der Waals surface area contributed by atoms with Crippen molar-refractivity contribution in [3.8, 4) is 0 Å². The van der Waals surface area contributed by atoms with Crippen molar-refractivity contribution in [1.29, 1.82) is 0 Å². The molecule has 0 bridgehead atoms. The molecule has 2 nitrogen and oxygen atoms in total. The van der Waals surface area contributed by atoms with Crippen molar-refractivity contribution in [2.45, 2.75) is 37.6 Å². The summed E-state index contributed by atoms with van der Waals surface area (Å²) >= 11 is 4.57. The van der Waals surface area contributed by atoms with Gasteiger partial charge in [0.25, 0.3) is 0 Å². The summed E-state index contributed by atoms with van der Waals surface area (Å²) in [4.78, 5) is 4.74. The molecule has 20 heavy (non-hydrogen) atoms. The van der Waals surface area contributed by atoms with Gasteiger partial charge in [-0.2, -0.15) is 0 Å². The predicted molar refractivity (Wildman–Crippen MR) is 83.4 cm³/mol. The number of aliphatic imine (C=N–C) groups is 1. The molecule has 0 amide bonds. The highest BCUT2D eigenvalue weighted by Crippen LogP contribution is 2.40. The minimum absolute atomic E-state index is 0.0234. The van der Waals surface area contributed by atoms with E-state index in [1.54, 1.807) is 11.8 Å². The summed E-state index contributed by atoms with van der Waals surface area (Å²) in [6, 6.07) is 2.29. The van der Waals surface area contributed by atoms with Crippen LogP contribution in [0.1, 0.15) is 32.1 Å². The summed E-state index contributed by atoms with van der Waals surface area (Å²) in [5, 5.41) is 3.63. The first-order valence-electron chi connectivity index (χ1n) is 6.72. The number of amidine groups is 1. The first kappa shape index (κ1) is 14.3. The molecular formula is C14H15BrF2N2S. The van der Waals surface area contributed by atoms with E-state index < -0.39 is 11.6 Å². The molecule has 1 aliphatic heterocycles. The minimum Gasteiger partial charge on any atom is -0.332 e. The first-order chi connectivity index (χ1) is 9.58. The second-order valence-electron chi connectivity index (χ2n) is 5.36. The zero-order chi connectivity index (χ0) is 14.2. The van der Waals surface area contributed by atoms with Crippen molar-refractivity contribution in [2.75, 3.05) is 11.1 Å². The first-order valence-corrected chi connectivity index (χ1v) is 8.50. The number of thioether (sulfide) groups is 1.